The van der Waals surface area contributed by atoms with Crippen LogP contribution in [0.2, 0.25) is 0 Å². The molecular weight excluding hydrogens is 226 g/mol. The molecule has 0 aromatic heterocycles. The second-order valence-corrected chi connectivity index (χ2v) is 6.73. The van der Waals surface area contributed by atoms with Gasteiger partial charge in [-0.05, 0) is 59.4 Å². The van der Waals surface area contributed by atoms with Crippen molar-refractivity contribution in [1.29, 1.82) is 0 Å². The summed E-state index contributed by atoms with van der Waals surface area (Å²) in [5, 5.41) is 0. The zero-order valence-electron chi connectivity index (χ0n) is 12.7. The van der Waals surface area contributed by atoms with Crippen molar-refractivity contribution in [1.82, 2.24) is 4.90 Å². The van der Waals surface area contributed by atoms with Crippen LogP contribution in [-0.2, 0) is 9.53 Å². The molecule has 0 saturated heterocycles. The first kappa shape index (κ1) is 15.5. The van der Waals surface area contributed by atoms with E-state index in [1.165, 1.54) is 25.7 Å². The largest absolute Gasteiger partial charge is 0.460 e. The van der Waals surface area contributed by atoms with E-state index >= 15 is 0 Å². The quantitative estimate of drug-likeness (QED) is 0.722. The van der Waals surface area contributed by atoms with Crippen molar-refractivity contribution in [2.45, 2.75) is 71.4 Å². The van der Waals surface area contributed by atoms with Gasteiger partial charge in [0, 0.05) is 12.6 Å². The lowest BCUT2D eigenvalue weighted by atomic mass is 9.87. The van der Waals surface area contributed by atoms with E-state index in [2.05, 4.69) is 18.9 Å². The summed E-state index contributed by atoms with van der Waals surface area (Å²) in [5.41, 5.74) is -0.365. The standard InChI is InChI=1S/C15H29NO2/c1-12-6-8-13(9-7-12)16(5)11-10-14(17)18-15(2,3)4/h12-13H,6-11H2,1-5H3. The molecule has 1 fully saturated rings. The molecular formula is C15H29NO2. The van der Waals surface area contributed by atoms with E-state index in [1.54, 1.807) is 0 Å². The van der Waals surface area contributed by atoms with Crippen molar-refractivity contribution < 1.29 is 9.53 Å². The van der Waals surface area contributed by atoms with Gasteiger partial charge in [-0.15, -0.1) is 0 Å². The summed E-state index contributed by atoms with van der Waals surface area (Å²) in [4.78, 5) is 14.0. The maximum atomic E-state index is 11.6. The van der Waals surface area contributed by atoms with Crippen LogP contribution in [0, 0.1) is 5.92 Å². The Kier molecular flexibility index (Phi) is 5.64. The van der Waals surface area contributed by atoms with Crippen LogP contribution in [0.25, 0.3) is 0 Å². The van der Waals surface area contributed by atoms with Crippen molar-refractivity contribution in [2.24, 2.45) is 5.92 Å². The minimum Gasteiger partial charge on any atom is -0.460 e. The van der Waals surface area contributed by atoms with E-state index in [0.717, 1.165) is 12.5 Å². The van der Waals surface area contributed by atoms with Gasteiger partial charge in [0.2, 0.25) is 0 Å². The van der Waals surface area contributed by atoms with Crippen LogP contribution in [-0.4, -0.2) is 36.1 Å². The van der Waals surface area contributed by atoms with Crippen molar-refractivity contribution in [2.75, 3.05) is 13.6 Å². The predicted molar refractivity (Wildman–Crippen MR) is 74.5 cm³/mol. The molecule has 0 aliphatic heterocycles. The van der Waals surface area contributed by atoms with E-state index < -0.39 is 0 Å². The van der Waals surface area contributed by atoms with Gasteiger partial charge in [0.25, 0.3) is 0 Å². The van der Waals surface area contributed by atoms with Gasteiger partial charge in [0.1, 0.15) is 5.60 Å². The van der Waals surface area contributed by atoms with Crippen LogP contribution in [0.3, 0.4) is 0 Å². The zero-order valence-corrected chi connectivity index (χ0v) is 12.7. The first-order valence-electron chi connectivity index (χ1n) is 7.20. The van der Waals surface area contributed by atoms with E-state index in [0.29, 0.717) is 12.5 Å². The predicted octanol–water partition coefficient (Wildman–Crippen LogP) is 3.23. The number of carbonyl (C=O) groups is 1. The summed E-state index contributed by atoms with van der Waals surface area (Å²) in [5.74, 6) is 0.791. The minimum absolute atomic E-state index is 0.0847. The number of carbonyl (C=O) groups excluding carboxylic acids is 1. The number of hydrogen-bond donors (Lipinski definition) is 0. The number of hydrogen-bond acceptors (Lipinski definition) is 3. The van der Waals surface area contributed by atoms with E-state index in [-0.39, 0.29) is 11.6 Å². The van der Waals surface area contributed by atoms with Gasteiger partial charge >= 0.3 is 5.97 Å². The number of ether oxygens (including phenoxy) is 1. The Morgan fingerprint density at radius 3 is 2.28 bits per heavy atom. The number of rotatable bonds is 4. The molecule has 3 nitrogen and oxygen atoms in total. The summed E-state index contributed by atoms with van der Waals surface area (Å²) in [6, 6.07) is 0.656. The molecule has 0 bridgehead atoms. The summed E-state index contributed by atoms with van der Waals surface area (Å²) < 4.78 is 5.33. The smallest absolute Gasteiger partial charge is 0.307 e. The molecule has 0 spiro atoms. The van der Waals surface area contributed by atoms with Gasteiger partial charge < -0.3 is 9.64 Å². The minimum atomic E-state index is -0.365. The second kappa shape index (κ2) is 6.55. The highest BCUT2D eigenvalue weighted by Gasteiger charge is 2.22. The van der Waals surface area contributed by atoms with Gasteiger partial charge in [0.15, 0.2) is 0 Å². The van der Waals surface area contributed by atoms with Gasteiger partial charge in [-0.25, -0.2) is 0 Å². The third-order valence-electron chi connectivity index (χ3n) is 3.70. The average molecular weight is 255 g/mol. The lowest BCUT2D eigenvalue weighted by Crippen LogP contribution is -2.36. The summed E-state index contributed by atoms with van der Waals surface area (Å²) in [6.07, 6.45) is 5.68. The van der Waals surface area contributed by atoms with Crippen LogP contribution >= 0.6 is 0 Å². The lowest BCUT2D eigenvalue weighted by Gasteiger charge is -2.33. The van der Waals surface area contributed by atoms with Crippen molar-refractivity contribution >= 4 is 5.97 Å². The molecule has 0 N–H and O–H groups in total. The maximum absolute atomic E-state index is 11.6. The molecule has 106 valence electrons. The molecule has 1 aliphatic rings. The Labute approximate surface area is 112 Å². The molecule has 0 aromatic rings. The van der Waals surface area contributed by atoms with Gasteiger partial charge in [-0.3, -0.25) is 4.79 Å². The first-order chi connectivity index (χ1) is 8.28. The Morgan fingerprint density at radius 2 is 1.78 bits per heavy atom. The van der Waals surface area contributed by atoms with Gasteiger partial charge in [0.05, 0.1) is 6.42 Å². The summed E-state index contributed by atoms with van der Waals surface area (Å²) in [6.45, 7) is 8.89. The first-order valence-corrected chi connectivity index (χ1v) is 7.20. The Balaban J connectivity index is 2.24. The summed E-state index contributed by atoms with van der Waals surface area (Å²) in [7, 11) is 2.13. The highest BCUT2D eigenvalue weighted by atomic mass is 16.6. The SMILES string of the molecule is CC1CCC(N(C)CCC(=O)OC(C)(C)C)CC1. The maximum Gasteiger partial charge on any atom is 0.307 e. The van der Waals surface area contributed by atoms with Crippen molar-refractivity contribution in [3.05, 3.63) is 0 Å². The van der Waals surface area contributed by atoms with Crippen LogP contribution < -0.4 is 0 Å². The Bertz CT molecular complexity index is 262. The molecule has 0 heterocycles. The van der Waals surface area contributed by atoms with E-state index in [1.807, 2.05) is 20.8 Å². The van der Waals surface area contributed by atoms with Gasteiger partial charge in [-0.1, -0.05) is 6.92 Å². The van der Waals surface area contributed by atoms with Crippen molar-refractivity contribution in [3.8, 4) is 0 Å². The average Bonchev–Trinajstić information content (AvgIpc) is 2.24. The van der Waals surface area contributed by atoms with Crippen LogP contribution in [0.4, 0.5) is 0 Å². The zero-order chi connectivity index (χ0) is 13.8. The number of nitrogens with zero attached hydrogens (tertiary/aromatic N) is 1. The fourth-order valence-electron chi connectivity index (χ4n) is 2.53. The van der Waals surface area contributed by atoms with E-state index in [9.17, 15) is 4.79 Å². The second-order valence-electron chi connectivity index (χ2n) is 6.73. The molecule has 0 radical (unpaired) electrons. The lowest BCUT2D eigenvalue weighted by molar-refractivity contribution is -0.155. The molecule has 3 heteroatoms. The fourth-order valence-corrected chi connectivity index (χ4v) is 2.53. The molecule has 0 aromatic carbocycles. The van der Waals surface area contributed by atoms with Gasteiger partial charge in [-0.2, -0.15) is 0 Å². The molecule has 1 rings (SSSR count). The van der Waals surface area contributed by atoms with Crippen molar-refractivity contribution in [3.63, 3.8) is 0 Å². The molecule has 1 saturated carbocycles. The van der Waals surface area contributed by atoms with Crippen LogP contribution in [0.5, 0.6) is 0 Å². The monoisotopic (exact) mass is 255 g/mol. The number of esters is 1. The summed E-state index contributed by atoms with van der Waals surface area (Å²) >= 11 is 0. The fraction of sp³-hybridized carbons (Fsp3) is 0.933. The Hall–Kier alpha value is -0.570. The Morgan fingerprint density at radius 1 is 1.22 bits per heavy atom. The molecule has 0 atom stereocenters. The normalized spacial score (nSPS) is 25.2. The van der Waals surface area contributed by atoms with Crippen LogP contribution in [0.15, 0.2) is 0 Å². The molecule has 0 amide bonds. The third-order valence-corrected chi connectivity index (χ3v) is 3.70. The van der Waals surface area contributed by atoms with E-state index in [4.69, 9.17) is 4.74 Å². The molecule has 18 heavy (non-hydrogen) atoms. The molecule has 0 unspecified atom stereocenters. The highest BCUT2D eigenvalue weighted by molar-refractivity contribution is 5.70. The van der Waals surface area contributed by atoms with Crippen LogP contribution in [0.1, 0.15) is 59.8 Å². The topological polar surface area (TPSA) is 29.5 Å². The third kappa shape index (κ3) is 5.85. The molecule has 1 aliphatic carbocycles. The highest BCUT2D eigenvalue weighted by Crippen LogP contribution is 2.26.